The number of amides is 1. The first kappa shape index (κ1) is 14.6. The molecule has 0 bridgehead atoms. The maximum Gasteiger partial charge on any atom is 0.409 e. The second kappa shape index (κ2) is 6.17. The molecule has 0 aromatic heterocycles. The number of carbonyl (C=O) groups excluding carboxylic acids is 1. The number of carbonyl (C=O) groups is 1. The average molecular weight is 298 g/mol. The van der Waals surface area contributed by atoms with Gasteiger partial charge in [-0.3, -0.25) is 5.32 Å². The van der Waals surface area contributed by atoms with Gasteiger partial charge in [0.2, 0.25) is 0 Å². The third-order valence-electron chi connectivity index (χ3n) is 3.81. The van der Waals surface area contributed by atoms with Crippen molar-refractivity contribution >= 4 is 6.09 Å². The summed E-state index contributed by atoms with van der Waals surface area (Å²) in [4.78, 5) is 11.6. The smallest absolute Gasteiger partial charge is 0.409 e. The van der Waals surface area contributed by atoms with E-state index in [4.69, 9.17) is 10.5 Å². The molecule has 4 N–H and O–H groups in total. The van der Waals surface area contributed by atoms with Crippen molar-refractivity contribution < 1.29 is 14.6 Å². The molecule has 5 nitrogen and oxygen atoms in total. The summed E-state index contributed by atoms with van der Waals surface area (Å²) >= 11 is 0. The predicted molar refractivity (Wildman–Crippen MR) is 83.1 cm³/mol. The van der Waals surface area contributed by atoms with Gasteiger partial charge in [0.1, 0.15) is 12.8 Å². The fourth-order valence-corrected chi connectivity index (χ4v) is 2.74. The molecule has 1 aliphatic carbocycles. The molecule has 3 rings (SSSR count). The maximum atomic E-state index is 11.6. The number of nitrogens with two attached hydrogens (primary N) is 1. The van der Waals surface area contributed by atoms with Gasteiger partial charge in [-0.2, -0.15) is 0 Å². The zero-order valence-corrected chi connectivity index (χ0v) is 12.1. The lowest BCUT2D eigenvalue weighted by Gasteiger charge is -2.12. The first-order valence-corrected chi connectivity index (χ1v) is 7.19. The predicted octanol–water partition coefficient (Wildman–Crippen LogP) is 1.76. The van der Waals surface area contributed by atoms with Crippen LogP contribution in [0.25, 0.3) is 11.1 Å². The van der Waals surface area contributed by atoms with Crippen LogP contribution in [0.4, 0.5) is 4.79 Å². The number of aliphatic hydroxyl groups excluding tert-OH is 1. The number of aliphatic hydroxyl groups is 1. The number of alkyl carbamates (subject to hydrolysis) is 1. The molecule has 1 aliphatic rings. The number of hydrogen-bond donors (Lipinski definition) is 3. The van der Waals surface area contributed by atoms with Crippen LogP contribution in [0.1, 0.15) is 16.7 Å². The Morgan fingerprint density at radius 3 is 2.82 bits per heavy atom. The van der Waals surface area contributed by atoms with Crippen molar-refractivity contribution in [2.75, 3.05) is 6.54 Å². The summed E-state index contributed by atoms with van der Waals surface area (Å²) in [7, 11) is 0. The van der Waals surface area contributed by atoms with E-state index in [0.717, 1.165) is 12.0 Å². The van der Waals surface area contributed by atoms with Crippen molar-refractivity contribution in [1.29, 1.82) is 0 Å². The number of ether oxygens (including phenoxy) is 1. The molecule has 5 heteroatoms. The largest absolute Gasteiger partial charge is 0.445 e. The SMILES string of the molecule is NCC(O)NC(=O)OCc1cccc2c1Cc1ccccc1-2. The maximum absolute atomic E-state index is 11.6. The quantitative estimate of drug-likeness (QED) is 0.641. The Balaban J connectivity index is 1.74. The molecule has 114 valence electrons. The average Bonchev–Trinajstić information content (AvgIpc) is 2.92. The fraction of sp³-hybridized carbons (Fsp3) is 0.235. The van der Waals surface area contributed by atoms with Gasteiger partial charge in [0.15, 0.2) is 0 Å². The lowest BCUT2D eigenvalue weighted by Crippen LogP contribution is -2.40. The second-order valence-electron chi connectivity index (χ2n) is 5.25. The summed E-state index contributed by atoms with van der Waals surface area (Å²) in [5, 5.41) is 11.5. The van der Waals surface area contributed by atoms with Crippen molar-refractivity contribution in [3.63, 3.8) is 0 Å². The number of fused-ring (bicyclic) bond motifs is 3. The molecule has 1 amide bonds. The van der Waals surface area contributed by atoms with Gasteiger partial charge in [0.05, 0.1) is 0 Å². The van der Waals surface area contributed by atoms with Crippen LogP contribution in [-0.2, 0) is 17.8 Å². The minimum absolute atomic E-state index is 0.0505. The third kappa shape index (κ3) is 2.81. The fourth-order valence-electron chi connectivity index (χ4n) is 2.74. The van der Waals surface area contributed by atoms with Crippen molar-refractivity contribution in [3.05, 3.63) is 59.2 Å². The molecule has 0 saturated heterocycles. The highest BCUT2D eigenvalue weighted by Crippen LogP contribution is 2.38. The van der Waals surface area contributed by atoms with Crippen LogP contribution < -0.4 is 11.1 Å². The highest BCUT2D eigenvalue weighted by Gasteiger charge is 2.20. The molecule has 1 unspecified atom stereocenters. The minimum Gasteiger partial charge on any atom is -0.445 e. The molecular formula is C17H18N2O3. The van der Waals surface area contributed by atoms with E-state index < -0.39 is 12.3 Å². The topological polar surface area (TPSA) is 84.6 Å². The van der Waals surface area contributed by atoms with E-state index >= 15 is 0 Å². The summed E-state index contributed by atoms with van der Waals surface area (Å²) in [5.41, 5.74) is 11.1. The Morgan fingerprint density at radius 2 is 2.00 bits per heavy atom. The Kier molecular flexibility index (Phi) is 4.09. The van der Waals surface area contributed by atoms with E-state index in [2.05, 4.69) is 23.5 Å². The first-order chi connectivity index (χ1) is 10.7. The number of hydrogen-bond acceptors (Lipinski definition) is 4. The molecule has 0 spiro atoms. The van der Waals surface area contributed by atoms with Crippen LogP contribution in [0.2, 0.25) is 0 Å². The molecule has 2 aromatic rings. The molecule has 0 heterocycles. The Bertz CT molecular complexity index is 700. The van der Waals surface area contributed by atoms with E-state index in [1.165, 1.54) is 22.3 Å². The molecule has 22 heavy (non-hydrogen) atoms. The van der Waals surface area contributed by atoms with Crippen molar-refractivity contribution in [1.82, 2.24) is 5.32 Å². The Labute approximate surface area is 128 Å². The van der Waals surface area contributed by atoms with Gasteiger partial charge < -0.3 is 15.6 Å². The lowest BCUT2D eigenvalue weighted by molar-refractivity contribution is 0.0982. The van der Waals surface area contributed by atoms with E-state index in [1.54, 1.807) is 0 Å². The molecule has 2 aromatic carbocycles. The van der Waals surface area contributed by atoms with Crippen LogP contribution in [-0.4, -0.2) is 24.0 Å². The summed E-state index contributed by atoms with van der Waals surface area (Å²) in [6, 6.07) is 14.3. The first-order valence-electron chi connectivity index (χ1n) is 7.19. The third-order valence-corrected chi connectivity index (χ3v) is 3.81. The van der Waals surface area contributed by atoms with Gasteiger partial charge in [-0.25, -0.2) is 4.79 Å². The minimum atomic E-state index is -1.08. The Hall–Kier alpha value is -2.37. The highest BCUT2D eigenvalue weighted by molar-refractivity contribution is 5.78. The number of nitrogens with one attached hydrogen (secondary N) is 1. The van der Waals surface area contributed by atoms with Gasteiger partial charge in [-0.1, -0.05) is 42.5 Å². The molecule has 0 fully saturated rings. The Morgan fingerprint density at radius 1 is 1.23 bits per heavy atom. The van der Waals surface area contributed by atoms with E-state index in [1.807, 2.05) is 24.3 Å². The zero-order chi connectivity index (χ0) is 15.5. The van der Waals surface area contributed by atoms with Crippen LogP contribution in [0.5, 0.6) is 0 Å². The molecule has 0 saturated carbocycles. The van der Waals surface area contributed by atoms with E-state index in [9.17, 15) is 9.90 Å². The van der Waals surface area contributed by atoms with Gasteiger partial charge in [-0.15, -0.1) is 0 Å². The standard InChI is InChI=1S/C17H18N2O3/c18-9-16(20)19-17(21)22-10-12-5-3-7-14-13-6-2-1-4-11(13)8-15(12)14/h1-7,16,20H,8-10,18H2,(H,19,21). The van der Waals surface area contributed by atoms with Crippen LogP contribution in [0.3, 0.4) is 0 Å². The van der Waals surface area contributed by atoms with Crippen molar-refractivity contribution in [2.45, 2.75) is 19.3 Å². The van der Waals surface area contributed by atoms with E-state index in [0.29, 0.717) is 0 Å². The van der Waals surface area contributed by atoms with Crippen molar-refractivity contribution in [2.24, 2.45) is 5.73 Å². The van der Waals surface area contributed by atoms with Gasteiger partial charge >= 0.3 is 6.09 Å². The van der Waals surface area contributed by atoms with E-state index in [-0.39, 0.29) is 13.2 Å². The molecule has 1 atom stereocenters. The normalized spacial score (nSPS) is 13.2. The van der Waals surface area contributed by atoms with Gasteiger partial charge in [-0.05, 0) is 34.2 Å². The van der Waals surface area contributed by atoms with Crippen molar-refractivity contribution in [3.8, 4) is 11.1 Å². The van der Waals surface area contributed by atoms with Gasteiger partial charge in [0.25, 0.3) is 0 Å². The molecule has 0 aliphatic heterocycles. The summed E-state index contributed by atoms with van der Waals surface area (Å²) < 4.78 is 5.16. The second-order valence-corrected chi connectivity index (χ2v) is 5.25. The van der Waals surface area contributed by atoms with Crippen LogP contribution in [0, 0.1) is 0 Å². The monoisotopic (exact) mass is 298 g/mol. The number of benzene rings is 2. The summed E-state index contributed by atoms with van der Waals surface area (Å²) in [5.74, 6) is 0. The summed E-state index contributed by atoms with van der Waals surface area (Å²) in [6.07, 6.45) is -0.915. The highest BCUT2D eigenvalue weighted by atomic mass is 16.6. The molecule has 0 radical (unpaired) electrons. The van der Waals surface area contributed by atoms with Crippen LogP contribution in [0.15, 0.2) is 42.5 Å². The summed E-state index contributed by atoms with van der Waals surface area (Å²) in [6.45, 7) is 0.116. The van der Waals surface area contributed by atoms with Crippen LogP contribution >= 0.6 is 0 Å². The molecular weight excluding hydrogens is 280 g/mol. The zero-order valence-electron chi connectivity index (χ0n) is 12.1. The number of rotatable bonds is 4. The lowest BCUT2D eigenvalue weighted by atomic mass is 10.0. The van der Waals surface area contributed by atoms with Gasteiger partial charge in [0, 0.05) is 6.54 Å².